The number of likely N-dealkylation sites (tertiary alicyclic amines) is 1. The van der Waals surface area contributed by atoms with E-state index in [0.717, 1.165) is 31.6 Å². The number of rotatable bonds is 6. The number of carboxylic acids is 1. The molecule has 0 spiro atoms. The Hall–Kier alpha value is -2.90. The van der Waals surface area contributed by atoms with Crippen LogP contribution in [0.1, 0.15) is 39.1 Å². The van der Waals surface area contributed by atoms with Crippen molar-refractivity contribution >= 4 is 11.9 Å². The fraction of sp³-hybridized carbons (Fsp3) is 0.417. The summed E-state index contributed by atoms with van der Waals surface area (Å²) < 4.78 is 10.8. The molecule has 0 bridgehead atoms. The summed E-state index contributed by atoms with van der Waals surface area (Å²) in [6.07, 6.45) is 0.560. The van der Waals surface area contributed by atoms with E-state index in [4.69, 9.17) is 14.6 Å². The molecular formula is C24H27NO6. The van der Waals surface area contributed by atoms with E-state index in [1.54, 1.807) is 36.4 Å². The lowest BCUT2D eigenvalue weighted by Crippen LogP contribution is -2.42. The summed E-state index contributed by atoms with van der Waals surface area (Å²) in [6.45, 7) is 2.59. The Balaban J connectivity index is 1.36. The molecule has 2 fully saturated rings. The normalized spacial score (nSPS) is 25.6. The maximum Gasteiger partial charge on any atom is 0.337 e. The number of aliphatic hydroxyl groups is 1. The number of fused-ring (bicyclic) bond motifs is 1. The molecule has 0 unspecified atom stereocenters. The summed E-state index contributed by atoms with van der Waals surface area (Å²) in [4.78, 5) is 25.1. The summed E-state index contributed by atoms with van der Waals surface area (Å²) >= 11 is 0. The van der Waals surface area contributed by atoms with Crippen molar-refractivity contribution < 1.29 is 29.3 Å². The second-order valence-corrected chi connectivity index (χ2v) is 8.43. The molecule has 2 aromatic rings. The van der Waals surface area contributed by atoms with E-state index in [2.05, 4.69) is 4.90 Å². The lowest BCUT2D eigenvalue weighted by atomic mass is 9.78. The van der Waals surface area contributed by atoms with Crippen LogP contribution in [-0.2, 0) is 11.3 Å². The van der Waals surface area contributed by atoms with Gasteiger partial charge in [0.25, 0.3) is 0 Å². The van der Waals surface area contributed by atoms with Crippen LogP contribution in [0.5, 0.6) is 5.75 Å². The molecule has 0 aromatic heterocycles. The Kier molecular flexibility index (Phi) is 6.25. The number of carbonyl (C=O) groups excluding carboxylic acids is 1. The minimum absolute atomic E-state index is 0.290. The average Bonchev–Trinajstić information content (AvgIpc) is 3.14. The first-order valence-corrected chi connectivity index (χ1v) is 10.5. The first kappa shape index (κ1) is 21.3. The molecule has 164 valence electrons. The molecule has 7 heteroatoms. The van der Waals surface area contributed by atoms with Gasteiger partial charge < -0.3 is 19.7 Å². The SMILES string of the molecule is COC(=O)c1cccc(O[C@@H]2C[C@@H]3CN(Cc4ccc(C(=O)O)cc4)C[C@@H]3C[C@H]2O)c1. The molecule has 2 N–H and O–H groups in total. The molecule has 1 heterocycles. The van der Waals surface area contributed by atoms with Crippen LogP contribution < -0.4 is 4.74 Å². The maximum atomic E-state index is 11.7. The highest BCUT2D eigenvalue weighted by Gasteiger charge is 2.42. The Bertz CT molecular complexity index is 943. The molecule has 1 saturated heterocycles. The van der Waals surface area contributed by atoms with Gasteiger partial charge in [0.2, 0.25) is 0 Å². The number of methoxy groups -OCH3 is 1. The van der Waals surface area contributed by atoms with E-state index in [1.165, 1.54) is 7.11 Å². The third kappa shape index (κ3) is 4.89. The molecule has 1 aliphatic heterocycles. The van der Waals surface area contributed by atoms with Crippen molar-refractivity contribution in [2.75, 3.05) is 20.2 Å². The van der Waals surface area contributed by atoms with Crippen LogP contribution in [0.15, 0.2) is 48.5 Å². The molecule has 0 radical (unpaired) electrons. The predicted octanol–water partition coefficient (Wildman–Crippen LogP) is 2.82. The Morgan fingerprint density at radius 1 is 1.03 bits per heavy atom. The second-order valence-electron chi connectivity index (χ2n) is 8.43. The van der Waals surface area contributed by atoms with Crippen LogP contribution in [0.3, 0.4) is 0 Å². The molecule has 0 amide bonds. The number of carboxylic acid groups (broad SMARTS) is 1. The van der Waals surface area contributed by atoms with Gasteiger partial charge in [0, 0.05) is 19.6 Å². The summed E-state index contributed by atoms with van der Waals surface area (Å²) in [6, 6.07) is 13.8. The van der Waals surface area contributed by atoms with Crippen molar-refractivity contribution in [2.45, 2.75) is 31.6 Å². The summed E-state index contributed by atoms with van der Waals surface area (Å²) in [7, 11) is 1.34. The number of nitrogens with zero attached hydrogens (tertiary/aromatic N) is 1. The number of hydrogen-bond acceptors (Lipinski definition) is 6. The first-order chi connectivity index (χ1) is 14.9. The van der Waals surface area contributed by atoms with E-state index in [1.807, 2.05) is 12.1 Å². The minimum Gasteiger partial charge on any atom is -0.488 e. The van der Waals surface area contributed by atoms with Crippen molar-refractivity contribution in [3.05, 3.63) is 65.2 Å². The maximum absolute atomic E-state index is 11.7. The van der Waals surface area contributed by atoms with Crippen LogP contribution in [0.25, 0.3) is 0 Å². The van der Waals surface area contributed by atoms with Gasteiger partial charge in [-0.1, -0.05) is 18.2 Å². The molecule has 4 rings (SSSR count). The van der Waals surface area contributed by atoms with Crippen LogP contribution >= 0.6 is 0 Å². The van der Waals surface area contributed by atoms with Gasteiger partial charge in [0.1, 0.15) is 11.9 Å². The van der Waals surface area contributed by atoms with E-state index in [0.29, 0.717) is 35.1 Å². The third-order valence-corrected chi connectivity index (χ3v) is 6.31. The highest BCUT2D eigenvalue weighted by molar-refractivity contribution is 5.89. The monoisotopic (exact) mass is 425 g/mol. The fourth-order valence-corrected chi connectivity index (χ4v) is 4.74. The molecule has 1 saturated carbocycles. The Morgan fingerprint density at radius 3 is 2.42 bits per heavy atom. The zero-order valence-corrected chi connectivity index (χ0v) is 17.4. The van der Waals surface area contributed by atoms with Crippen molar-refractivity contribution in [1.29, 1.82) is 0 Å². The fourth-order valence-electron chi connectivity index (χ4n) is 4.74. The lowest BCUT2D eigenvalue weighted by molar-refractivity contribution is -0.0231. The van der Waals surface area contributed by atoms with Crippen molar-refractivity contribution in [2.24, 2.45) is 11.8 Å². The topological polar surface area (TPSA) is 96.3 Å². The lowest BCUT2D eigenvalue weighted by Gasteiger charge is -2.35. The van der Waals surface area contributed by atoms with Crippen molar-refractivity contribution in [1.82, 2.24) is 4.90 Å². The molecule has 31 heavy (non-hydrogen) atoms. The van der Waals surface area contributed by atoms with Gasteiger partial charge in [0.05, 0.1) is 24.3 Å². The van der Waals surface area contributed by atoms with E-state index in [-0.39, 0.29) is 6.10 Å². The zero-order chi connectivity index (χ0) is 22.0. The number of ether oxygens (including phenoxy) is 2. The highest BCUT2D eigenvalue weighted by atomic mass is 16.5. The number of aromatic carboxylic acids is 1. The van der Waals surface area contributed by atoms with Gasteiger partial charge in [-0.15, -0.1) is 0 Å². The molecule has 7 nitrogen and oxygen atoms in total. The van der Waals surface area contributed by atoms with E-state index >= 15 is 0 Å². The smallest absolute Gasteiger partial charge is 0.337 e. The number of esters is 1. The average molecular weight is 425 g/mol. The van der Waals surface area contributed by atoms with Crippen molar-refractivity contribution in [3.8, 4) is 5.75 Å². The Morgan fingerprint density at radius 2 is 1.74 bits per heavy atom. The third-order valence-electron chi connectivity index (χ3n) is 6.31. The second kappa shape index (κ2) is 9.08. The number of hydrogen-bond donors (Lipinski definition) is 2. The van der Waals surface area contributed by atoms with Crippen molar-refractivity contribution in [3.63, 3.8) is 0 Å². The van der Waals surface area contributed by atoms with Gasteiger partial charge in [-0.25, -0.2) is 9.59 Å². The number of carbonyl (C=O) groups is 2. The number of benzene rings is 2. The largest absolute Gasteiger partial charge is 0.488 e. The molecule has 4 atom stereocenters. The van der Waals surface area contributed by atoms with E-state index in [9.17, 15) is 14.7 Å². The molecule has 2 aromatic carbocycles. The summed E-state index contributed by atoms with van der Waals surface area (Å²) in [5.41, 5.74) is 1.79. The van der Waals surface area contributed by atoms with Gasteiger partial charge in [-0.05, 0) is 60.6 Å². The van der Waals surface area contributed by atoms with Crippen LogP contribution in [0.4, 0.5) is 0 Å². The van der Waals surface area contributed by atoms with E-state index < -0.39 is 18.0 Å². The summed E-state index contributed by atoms with van der Waals surface area (Å²) in [5, 5.41) is 19.7. The molecule has 1 aliphatic carbocycles. The van der Waals surface area contributed by atoms with Gasteiger partial charge in [-0.2, -0.15) is 0 Å². The molecular weight excluding hydrogens is 398 g/mol. The predicted molar refractivity (Wildman–Crippen MR) is 113 cm³/mol. The zero-order valence-electron chi connectivity index (χ0n) is 17.4. The minimum atomic E-state index is -0.920. The van der Waals surface area contributed by atoms with Gasteiger partial charge in [0.15, 0.2) is 0 Å². The van der Waals surface area contributed by atoms with Crippen LogP contribution in [-0.4, -0.2) is 59.5 Å². The van der Waals surface area contributed by atoms with Gasteiger partial charge >= 0.3 is 11.9 Å². The number of aliphatic hydroxyl groups excluding tert-OH is 1. The van der Waals surface area contributed by atoms with Gasteiger partial charge in [-0.3, -0.25) is 4.90 Å². The standard InChI is InChI=1S/C24H27NO6/c1-30-24(29)17-3-2-4-20(9-17)31-22-11-19-14-25(13-18(19)10-21(22)26)12-15-5-7-16(8-6-15)23(27)28/h2-9,18-19,21-22,26H,10-14H2,1H3,(H,27,28)/t18-,19+,21+,22+/m0/s1. The van der Waals surface area contributed by atoms with Crippen LogP contribution in [0, 0.1) is 11.8 Å². The first-order valence-electron chi connectivity index (χ1n) is 10.5. The van der Waals surface area contributed by atoms with Crippen LogP contribution in [0.2, 0.25) is 0 Å². The highest BCUT2D eigenvalue weighted by Crippen LogP contribution is 2.38. The Labute approximate surface area is 181 Å². The summed E-state index contributed by atoms with van der Waals surface area (Å²) in [5.74, 6) is 0.0530. The quantitative estimate of drug-likeness (QED) is 0.687. The molecule has 2 aliphatic rings.